The van der Waals surface area contributed by atoms with Crippen LogP contribution in [0.3, 0.4) is 0 Å². The van der Waals surface area contributed by atoms with Crippen molar-refractivity contribution in [3.05, 3.63) is 78.1 Å². The lowest BCUT2D eigenvalue weighted by molar-refractivity contribution is -0.119. The number of imidazole rings is 1. The van der Waals surface area contributed by atoms with Gasteiger partial charge in [0.25, 0.3) is 5.91 Å². The normalized spacial score (nSPS) is 15.4. The largest absolute Gasteiger partial charge is 0.368 e. The highest BCUT2D eigenvalue weighted by Crippen LogP contribution is 2.33. The van der Waals surface area contributed by atoms with Crippen LogP contribution in [0.2, 0.25) is 0 Å². The number of rotatable bonds is 3. The second-order valence-corrected chi connectivity index (χ2v) is 6.98. The molecule has 0 fully saturated rings. The quantitative estimate of drug-likeness (QED) is 0.567. The third-order valence-corrected chi connectivity index (χ3v) is 5.21. The number of carbonyl (C=O) groups excluding carboxylic acids is 2. The van der Waals surface area contributed by atoms with E-state index in [1.165, 1.54) is 4.90 Å². The van der Waals surface area contributed by atoms with E-state index in [4.69, 9.17) is 5.73 Å². The number of nitrogens with two attached hydrogens (primary N) is 1. The lowest BCUT2D eigenvalue weighted by atomic mass is 10.1. The minimum absolute atomic E-state index is 0.263. The van der Waals surface area contributed by atoms with Crippen molar-refractivity contribution in [2.24, 2.45) is 5.73 Å². The zero-order valence-electron chi connectivity index (χ0n) is 15.4. The number of aromatic nitrogens is 3. The highest BCUT2D eigenvalue weighted by Gasteiger charge is 2.37. The Kier molecular flexibility index (Phi) is 3.87. The van der Waals surface area contributed by atoms with Gasteiger partial charge in [0.1, 0.15) is 11.9 Å². The average molecular weight is 383 g/mol. The number of anilines is 1. The van der Waals surface area contributed by atoms with Gasteiger partial charge in [0.15, 0.2) is 0 Å². The fraction of sp³-hybridized carbons (Fsp3) is 0.0909. The number of hydrogen-bond donors (Lipinski definition) is 2. The predicted molar refractivity (Wildman–Crippen MR) is 109 cm³/mol. The van der Waals surface area contributed by atoms with Crippen LogP contribution in [0.15, 0.2) is 67.0 Å². The van der Waals surface area contributed by atoms with E-state index in [1.54, 1.807) is 30.6 Å². The number of fused-ring (bicyclic) bond motifs is 2. The second kappa shape index (κ2) is 6.56. The van der Waals surface area contributed by atoms with E-state index in [-0.39, 0.29) is 5.91 Å². The van der Waals surface area contributed by atoms with Crippen LogP contribution in [-0.2, 0) is 11.2 Å². The van der Waals surface area contributed by atoms with Crippen LogP contribution in [0, 0.1) is 0 Å². The van der Waals surface area contributed by atoms with Gasteiger partial charge < -0.3 is 10.7 Å². The molecule has 0 spiro atoms. The third-order valence-electron chi connectivity index (χ3n) is 5.21. The van der Waals surface area contributed by atoms with Gasteiger partial charge in [-0.2, -0.15) is 0 Å². The van der Waals surface area contributed by atoms with E-state index in [0.29, 0.717) is 17.8 Å². The smallest absolute Gasteiger partial charge is 0.259 e. The van der Waals surface area contributed by atoms with Gasteiger partial charge in [-0.05, 0) is 42.0 Å². The van der Waals surface area contributed by atoms with Gasteiger partial charge in [-0.1, -0.05) is 18.2 Å². The summed E-state index contributed by atoms with van der Waals surface area (Å²) in [6.07, 6.45) is 3.83. The lowest BCUT2D eigenvalue weighted by Crippen LogP contribution is -2.46. The molecule has 0 bridgehead atoms. The van der Waals surface area contributed by atoms with Crippen molar-refractivity contribution in [1.29, 1.82) is 0 Å². The van der Waals surface area contributed by atoms with Crippen molar-refractivity contribution >= 4 is 28.5 Å². The maximum atomic E-state index is 13.3. The number of hydrogen-bond acceptors (Lipinski definition) is 4. The number of para-hydroxylation sites is 1. The Bertz CT molecular complexity index is 1250. The number of aromatic amines is 1. The van der Waals surface area contributed by atoms with E-state index in [9.17, 15) is 9.59 Å². The number of H-pyrrole nitrogens is 1. The molecule has 3 heterocycles. The lowest BCUT2D eigenvalue weighted by Gasteiger charge is -2.23. The first kappa shape index (κ1) is 17.1. The zero-order chi connectivity index (χ0) is 20.0. The van der Waals surface area contributed by atoms with Crippen LogP contribution in [0.4, 0.5) is 5.69 Å². The molecule has 3 N–H and O–H groups in total. The minimum atomic E-state index is -0.690. The van der Waals surface area contributed by atoms with Crippen LogP contribution in [0.5, 0.6) is 0 Å². The van der Waals surface area contributed by atoms with Crippen molar-refractivity contribution in [2.75, 3.05) is 4.90 Å². The number of benzene rings is 2. The Morgan fingerprint density at radius 2 is 1.86 bits per heavy atom. The molecule has 2 aromatic carbocycles. The maximum absolute atomic E-state index is 13.3. The monoisotopic (exact) mass is 383 g/mol. The predicted octanol–water partition coefficient (Wildman–Crippen LogP) is 2.68. The molecule has 5 rings (SSSR count). The molecule has 1 aliphatic rings. The molecule has 2 aromatic heterocycles. The van der Waals surface area contributed by atoms with Crippen LogP contribution in [0.1, 0.15) is 15.9 Å². The number of carbonyl (C=O) groups is 2. The summed E-state index contributed by atoms with van der Waals surface area (Å²) in [4.78, 5) is 38.7. The number of amides is 2. The Hall–Kier alpha value is -4.00. The van der Waals surface area contributed by atoms with Crippen LogP contribution >= 0.6 is 0 Å². The molecule has 29 heavy (non-hydrogen) atoms. The minimum Gasteiger partial charge on any atom is -0.368 e. The van der Waals surface area contributed by atoms with Gasteiger partial charge in [-0.3, -0.25) is 19.5 Å². The first-order chi connectivity index (χ1) is 14.1. The standard InChI is InChI=1S/C22H17N5O2/c23-20(28)19-12-14-3-1-2-4-18(14)27(19)22(29)15-5-6-16-17(11-15)26-21(25-16)13-7-9-24-10-8-13/h1-11,19H,12H2,(H2,23,28)(H,25,26). The summed E-state index contributed by atoms with van der Waals surface area (Å²) in [6, 6.07) is 15.8. The van der Waals surface area contributed by atoms with Crippen LogP contribution < -0.4 is 10.6 Å². The summed E-state index contributed by atoms with van der Waals surface area (Å²) in [5.41, 5.74) is 10.1. The Morgan fingerprint density at radius 1 is 1.07 bits per heavy atom. The van der Waals surface area contributed by atoms with Gasteiger partial charge in [0, 0.05) is 35.6 Å². The summed E-state index contributed by atoms with van der Waals surface area (Å²) < 4.78 is 0. The first-order valence-electron chi connectivity index (χ1n) is 9.23. The highest BCUT2D eigenvalue weighted by atomic mass is 16.2. The average Bonchev–Trinajstić information content (AvgIpc) is 3.35. The highest BCUT2D eigenvalue weighted by molar-refractivity contribution is 6.12. The maximum Gasteiger partial charge on any atom is 0.259 e. The number of primary amides is 1. The van der Waals surface area contributed by atoms with Crippen molar-refractivity contribution in [3.8, 4) is 11.4 Å². The fourth-order valence-electron chi connectivity index (χ4n) is 3.79. The molecular weight excluding hydrogens is 366 g/mol. The van der Waals surface area contributed by atoms with Gasteiger partial charge in [-0.25, -0.2) is 4.98 Å². The Morgan fingerprint density at radius 3 is 2.66 bits per heavy atom. The van der Waals surface area contributed by atoms with Crippen molar-refractivity contribution in [2.45, 2.75) is 12.5 Å². The molecule has 1 unspecified atom stereocenters. The number of nitrogens with one attached hydrogen (secondary N) is 1. The third kappa shape index (κ3) is 2.84. The van der Waals surface area contributed by atoms with Crippen molar-refractivity contribution < 1.29 is 9.59 Å². The Labute approximate surface area is 166 Å². The number of pyridine rings is 1. The summed E-state index contributed by atoms with van der Waals surface area (Å²) in [6.45, 7) is 0. The van der Waals surface area contributed by atoms with E-state index in [1.807, 2.05) is 36.4 Å². The fourth-order valence-corrected chi connectivity index (χ4v) is 3.79. The Balaban J connectivity index is 1.55. The first-order valence-corrected chi connectivity index (χ1v) is 9.23. The molecular formula is C22H17N5O2. The van der Waals surface area contributed by atoms with E-state index < -0.39 is 11.9 Å². The molecule has 4 aromatic rings. The molecule has 7 heteroatoms. The van der Waals surface area contributed by atoms with Crippen LogP contribution in [0.25, 0.3) is 22.4 Å². The van der Waals surface area contributed by atoms with Gasteiger partial charge in [-0.15, -0.1) is 0 Å². The van der Waals surface area contributed by atoms with E-state index >= 15 is 0 Å². The zero-order valence-corrected chi connectivity index (χ0v) is 15.4. The molecule has 0 saturated carbocycles. The summed E-state index contributed by atoms with van der Waals surface area (Å²) in [5, 5.41) is 0. The molecule has 7 nitrogen and oxygen atoms in total. The van der Waals surface area contributed by atoms with Crippen LogP contribution in [-0.4, -0.2) is 32.8 Å². The molecule has 2 amide bonds. The molecule has 0 aliphatic carbocycles. The van der Waals surface area contributed by atoms with Gasteiger partial charge in [0.05, 0.1) is 11.0 Å². The van der Waals surface area contributed by atoms with Gasteiger partial charge in [0.2, 0.25) is 5.91 Å². The molecule has 142 valence electrons. The van der Waals surface area contributed by atoms with Crippen molar-refractivity contribution in [1.82, 2.24) is 15.0 Å². The summed E-state index contributed by atoms with van der Waals surface area (Å²) in [5.74, 6) is -0.0774. The molecule has 0 radical (unpaired) electrons. The van der Waals surface area contributed by atoms with Crippen molar-refractivity contribution in [3.63, 3.8) is 0 Å². The summed E-state index contributed by atoms with van der Waals surface area (Å²) in [7, 11) is 0. The second-order valence-electron chi connectivity index (χ2n) is 6.98. The SMILES string of the molecule is NC(=O)C1Cc2ccccc2N1C(=O)c1ccc2nc(-c3ccncc3)[nH]c2c1. The summed E-state index contributed by atoms with van der Waals surface area (Å²) >= 11 is 0. The van der Waals surface area contributed by atoms with Gasteiger partial charge >= 0.3 is 0 Å². The molecule has 0 saturated heterocycles. The molecule has 1 aliphatic heterocycles. The number of nitrogens with zero attached hydrogens (tertiary/aromatic N) is 3. The topological polar surface area (TPSA) is 105 Å². The molecule has 1 atom stereocenters. The van der Waals surface area contributed by atoms with E-state index in [0.717, 1.165) is 27.8 Å². The van der Waals surface area contributed by atoms with E-state index in [2.05, 4.69) is 15.0 Å².